The molecule has 2 aromatic rings. The first-order chi connectivity index (χ1) is 15.0. The van der Waals surface area contributed by atoms with Gasteiger partial charge in [0.2, 0.25) is 5.91 Å². The van der Waals surface area contributed by atoms with E-state index in [0.717, 1.165) is 28.9 Å². The highest BCUT2D eigenvalue weighted by Crippen LogP contribution is 2.41. The van der Waals surface area contributed by atoms with Crippen LogP contribution in [0.4, 0.5) is 9.18 Å². The van der Waals surface area contributed by atoms with Crippen LogP contribution in [-0.4, -0.2) is 46.5 Å². The molecule has 2 aliphatic heterocycles. The number of benzene rings is 2. The molecule has 160 valence electrons. The number of nitrogens with zero attached hydrogens (tertiary/aromatic N) is 2. The lowest BCUT2D eigenvalue weighted by Crippen LogP contribution is -2.47. The van der Waals surface area contributed by atoms with Gasteiger partial charge in [0.15, 0.2) is 0 Å². The highest BCUT2D eigenvalue weighted by atomic mass is 32.2. The van der Waals surface area contributed by atoms with Crippen LogP contribution >= 0.6 is 11.8 Å². The summed E-state index contributed by atoms with van der Waals surface area (Å²) in [6.45, 7) is 0.0974. The zero-order valence-corrected chi connectivity index (χ0v) is 17.7. The van der Waals surface area contributed by atoms with Gasteiger partial charge in [0.05, 0.1) is 0 Å². The summed E-state index contributed by atoms with van der Waals surface area (Å²) in [6, 6.07) is 13.5. The molecule has 0 aromatic heterocycles. The fourth-order valence-corrected chi connectivity index (χ4v) is 6.14. The third kappa shape index (κ3) is 3.20. The minimum atomic E-state index is -1.10. The summed E-state index contributed by atoms with van der Waals surface area (Å²) in [5.74, 6) is -0.440. The van der Waals surface area contributed by atoms with Crippen molar-refractivity contribution in [1.29, 1.82) is 0 Å². The molecule has 8 heteroatoms. The Labute approximate surface area is 183 Å². The maximum absolute atomic E-state index is 14.3. The second-order valence-corrected chi connectivity index (χ2v) is 9.26. The molecule has 0 radical (unpaired) electrons. The van der Waals surface area contributed by atoms with E-state index in [1.165, 1.54) is 17.8 Å². The van der Waals surface area contributed by atoms with Crippen molar-refractivity contribution < 1.29 is 18.8 Å². The lowest BCUT2D eigenvalue weighted by molar-refractivity contribution is -0.139. The molecule has 0 saturated carbocycles. The molecule has 31 heavy (non-hydrogen) atoms. The van der Waals surface area contributed by atoms with Gasteiger partial charge in [0.1, 0.15) is 23.3 Å². The van der Waals surface area contributed by atoms with Gasteiger partial charge in [0, 0.05) is 17.9 Å². The molecule has 1 spiro atoms. The molecule has 1 N–H and O–H groups in total. The normalized spacial score (nSPS) is 25.1. The number of halogens is 1. The fraction of sp³-hybridized carbons (Fsp3) is 0.348. The summed E-state index contributed by atoms with van der Waals surface area (Å²) in [5.41, 5.74) is 1.20. The van der Waals surface area contributed by atoms with E-state index in [9.17, 15) is 18.8 Å². The van der Waals surface area contributed by atoms with Gasteiger partial charge in [-0.25, -0.2) is 9.18 Å². The van der Waals surface area contributed by atoms with Gasteiger partial charge in [-0.15, -0.1) is 11.8 Å². The number of urea groups is 1. The van der Waals surface area contributed by atoms with Crippen molar-refractivity contribution in [3.05, 3.63) is 71.0 Å². The van der Waals surface area contributed by atoms with Crippen LogP contribution in [0.3, 0.4) is 0 Å². The lowest BCUT2D eigenvalue weighted by atomic mass is 9.76. The number of amides is 4. The van der Waals surface area contributed by atoms with E-state index < -0.39 is 16.9 Å². The number of carbonyl (C=O) groups is 3. The molecule has 1 aliphatic carbocycles. The Kier molecular flexibility index (Phi) is 4.97. The van der Waals surface area contributed by atoms with Gasteiger partial charge < -0.3 is 10.2 Å². The van der Waals surface area contributed by atoms with Crippen LogP contribution in [-0.2, 0) is 21.5 Å². The molecular formula is C23H22FN3O3S. The summed E-state index contributed by atoms with van der Waals surface area (Å²) < 4.78 is 14.3. The quantitative estimate of drug-likeness (QED) is 0.746. The number of imide groups is 1. The van der Waals surface area contributed by atoms with E-state index in [2.05, 4.69) is 5.32 Å². The smallest absolute Gasteiger partial charge is 0.324 e. The first-order valence-corrected chi connectivity index (χ1v) is 11.4. The second-order valence-electron chi connectivity index (χ2n) is 8.07. The van der Waals surface area contributed by atoms with Crippen molar-refractivity contribution in [2.24, 2.45) is 0 Å². The molecule has 4 amide bonds. The zero-order valence-electron chi connectivity index (χ0n) is 16.8. The number of carbonyl (C=O) groups excluding carboxylic acids is 3. The largest absolute Gasteiger partial charge is 0.325 e. The highest BCUT2D eigenvalue weighted by molar-refractivity contribution is 7.99. The van der Waals surface area contributed by atoms with E-state index in [1.807, 2.05) is 24.3 Å². The lowest BCUT2D eigenvalue weighted by Gasteiger charge is -2.33. The third-order valence-corrected chi connectivity index (χ3v) is 7.57. The summed E-state index contributed by atoms with van der Waals surface area (Å²) in [4.78, 5) is 41.9. The van der Waals surface area contributed by atoms with Crippen LogP contribution < -0.4 is 5.32 Å². The number of aryl methyl sites for hydroxylation is 1. The Morgan fingerprint density at radius 3 is 2.77 bits per heavy atom. The molecule has 0 unspecified atom stereocenters. The Hall–Kier alpha value is -2.87. The van der Waals surface area contributed by atoms with Crippen molar-refractivity contribution in [3.8, 4) is 0 Å². The highest BCUT2D eigenvalue weighted by Gasteiger charge is 2.54. The van der Waals surface area contributed by atoms with E-state index in [4.69, 9.17) is 0 Å². The van der Waals surface area contributed by atoms with Gasteiger partial charge in [-0.2, -0.15) is 0 Å². The van der Waals surface area contributed by atoms with Crippen LogP contribution in [0.2, 0.25) is 0 Å². The van der Waals surface area contributed by atoms with Crippen LogP contribution in [0.5, 0.6) is 0 Å². The predicted molar refractivity (Wildman–Crippen MR) is 115 cm³/mol. The first kappa shape index (κ1) is 20.1. The SMILES string of the molecule is O=C1N[C@@]2(CCCc3ccccc32)C(=O)N1CC(=O)N1CCS[C@H]1c1ccccc1F. The van der Waals surface area contributed by atoms with Crippen molar-refractivity contribution in [2.75, 3.05) is 18.8 Å². The average molecular weight is 440 g/mol. The standard InChI is InChI=1S/C23H22FN3O3S/c24-18-10-4-2-8-16(18)20-26(12-13-31-20)19(28)14-27-21(29)23(25-22(27)30)11-5-7-15-6-1-3-9-17(15)23/h1-4,6,8-10,20H,5,7,11-14H2,(H,25,30)/t20-,23+/m0/s1. The van der Waals surface area contributed by atoms with Gasteiger partial charge in [0.25, 0.3) is 5.91 Å². The number of thioether (sulfide) groups is 1. The first-order valence-electron chi connectivity index (χ1n) is 10.4. The van der Waals surface area contributed by atoms with Crippen LogP contribution in [0.15, 0.2) is 48.5 Å². The summed E-state index contributed by atoms with van der Waals surface area (Å²) in [6.07, 6.45) is 2.15. The van der Waals surface area contributed by atoms with Crippen LogP contribution in [0, 0.1) is 5.82 Å². The van der Waals surface area contributed by atoms with Crippen LogP contribution in [0.1, 0.15) is 34.9 Å². The maximum atomic E-state index is 14.3. The maximum Gasteiger partial charge on any atom is 0.325 e. The van der Waals surface area contributed by atoms with Crippen molar-refractivity contribution >= 4 is 29.6 Å². The van der Waals surface area contributed by atoms with E-state index >= 15 is 0 Å². The van der Waals surface area contributed by atoms with Gasteiger partial charge in [-0.3, -0.25) is 14.5 Å². The third-order valence-electron chi connectivity index (χ3n) is 6.33. The summed E-state index contributed by atoms with van der Waals surface area (Å²) in [7, 11) is 0. The number of rotatable bonds is 3. The molecule has 3 aliphatic rings. The summed E-state index contributed by atoms with van der Waals surface area (Å²) in [5, 5.41) is 2.42. The van der Waals surface area contributed by atoms with Gasteiger partial charge >= 0.3 is 6.03 Å². The molecule has 6 nitrogen and oxygen atoms in total. The Balaban J connectivity index is 1.39. The molecule has 2 atom stereocenters. The second kappa shape index (κ2) is 7.67. The minimum Gasteiger partial charge on any atom is -0.324 e. The molecule has 2 saturated heterocycles. The Morgan fingerprint density at radius 2 is 1.94 bits per heavy atom. The molecule has 5 rings (SSSR count). The number of nitrogens with one attached hydrogen (secondary N) is 1. The zero-order chi connectivity index (χ0) is 21.6. The monoisotopic (exact) mass is 439 g/mol. The number of hydrogen-bond donors (Lipinski definition) is 1. The van der Waals surface area contributed by atoms with Crippen molar-refractivity contribution in [3.63, 3.8) is 0 Å². The topological polar surface area (TPSA) is 69.7 Å². The average Bonchev–Trinajstić information content (AvgIpc) is 3.34. The molecular weight excluding hydrogens is 417 g/mol. The molecule has 2 aromatic carbocycles. The van der Waals surface area contributed by atoms with E-state index in [1.54, 1.807) is 23.1 Å². The molecule has 0 bridgehead atoms. The van der Waals surface area contributed by atoms with Crippen molar-refractivity contribution in [2.45, 2.75) is 30.2 Å². The predicted octanol–water partition coefficient (Wildman–Crippen LogP) is 3.18. The number of fused-ring (bicyclic) bond motifs is 2. The summed E-state index contributed by atoms with van der Waals surface area (Å²) >= 11 is 1.48. The van der Waals surface area contributed by atoms with Gasteiger partial charge in [-0.1, -0.05) is 42.5 Å². The number of hydrogen-bond acceptors (Lipinski definition) is 4. The Bertz CT molecular complexity index is 1080. The fourth-order valence-electron chi connectivity index (χ4n) is 4.84. The van der Waals surface area contributed by atoms with E-state index in [0.29, 0.717) is 24.3 Å². The Morgan fingerprint density at radius 1 is 1.16 bits per heavy atom. The van der Waals surface area contributed by atoms with Gasteiger partial charge in [-0.05, 0) is 36.5 Å². The minimum absolute atomic E-state index is 0.347. The van der Waals surface area contributed by atoms with Crippen LogP contribution in [0.25, 0.3) is 0 Å². The van der Waals surface area contributed by atoms with Crippen molar-refractivity contribution in [1.82, 2.24) is 15.1 Å². The molecule has 2 fully saturated rings. The molecule has 2 heterocycles. The van der Waals surface area contributed by atoms with E-state index in [-0.39, 0.29) is 24.2 Å².